The Morgan fingerprint density at radius 1 is 1.11 bits per heavy atom. The van der Waals surface area contributed by atoms with E-state index in [0.29, 0.717) is 17.2 Å². The summed E-state index contributed by atoms with van der Waals surface area (Å²) < 4.78 is 35.5. The highest BCUT2D eigenvalue weighted by molar-refractivity contribution is 7.92. The summed E-state index contributed by atoms with van der Waals surface area (Å²) in [6.07, 6.45) is 0.980. The third-order valence-corrected chi connectivity index (χ3v) is 5.49. The Hall–Kier alpha value is -2.16. The third-order valence-electron chi connectivity index (χ3n) is 3.55. The number of nitrogens with zero attached hydrogens (tertiary/aromatic N) is 1. The van der Waals surface area contributed by atoms with Crippen LogP contribution in [0.2, 0.25) is 10.0 Å². The smallest absolute Gasteiger partial charge is 0.245 e. The van der Waals surface area contributed by atoms with Crippen LogP contribution >= 0.6 is 23.2 Å². The van der Waals surface area contributed by atoms with E-state index in [1.165, 1.54) is 26.4 Å². The van der Waals surface area contributed by atoms with E-state index in [9.17, 15) is 13.2 Å². The summed E-state index contributed by atoms with van der Waals surface area (Å²) in [7, 11) is -0.820. The summed E-state index contributed by atoms with van der Waals surface area (Å²) in [5.41, 5.74) is 0.539. The van der Waals surface area contributed by atoms with Gasteiger partial charge in [-0.2, -0.15) is 0 Å². The number of benzene rings is 2. The van der Waals surface area contributed by atoms with Gasteiger partial charge in [-0.25, -0.2) is 8.42 Å². The van der Waals surface area contributed by atoms with Crippen molar-refractivity contribution in [3.63, 3.8) is 0 Å². The predicted octanol–water partition coefficient (Wildman–Crippen LogP) is 3.42. The van der Waals surface area contributed by atoms with E-state index in [-0.39, 0.29) is 15.7 Å². The molecule has 0 bridgehead atoms. The molecule has 1 N–H and O–H groups in total. The van der Waals surface area contributed by atoms with Crippen molar-refractivity contribution in [1.82, 2.24) is 0 Å². The molecule has 0 heterocycles. The summed E-state index contributed by atoms with van der Waals surface area (Å²) in [5, 5.41) is 2.85. The lowest BCUT2D eigenvalue weighted by atomic mass is 10.2. The maximum Gasteiger partial charge on any atom is 0.245 e. The van der Waals surface area contributed by atoms with Crippen molar-refractivity contribution in [3.8, 4) is 11.5 Å². The number of hydrogen-bond acceptors (Lipinski definition) is 5. The quantitative estimate of drug-likeness (QED) is 0.724. The second-order valence-corrected chi connectivity index (χ2v) is 8.15. The van der Waals surface area contributed by atoms with Crippen LogP contribution < -0.4 is 19.1 Å². The minimum Gasteiger partial charge on any atom is -0.493 e. The first-order valence-corrected chi connectivity index (χ1v) is 10.2. The molecule has 2 rings (SSSR count). The van der Waals surface area contributed by atoms with Gasteiger partial charge < -0.3 is 14.8 Å². The molecular weight excluding hydrogens is 415 g/mol. The van der Waals surface area contributed by atoms with Gasteiger partial charge in [-0.1, -0.05) is 29.3 Å². The van der Waals surface area contributed by atoms with E-state index in [2.05, 4.69) is 5.32 Å². The van der Waals surface area contributed by atoms with Crippen molar-refractivity contribution in [3.05, 3.63) is 46.4 Å². The van der Waals surface area contributed by atoms with Crippen molar-refractivity contribution in [2.45, 2.75) is 0 Å². The number of ether oxygens (including phenoxy) is 2. The lowest BCUT2D eigenvalue weighted by Gasteiger charge is -2.23. The molecule has 0 saturated carbocycles. The van der Waals surface area contributed by atoms with Gasteiger partial charge in [0.1, 0.15) is 6.54 Å². The van der Waals surface area contributed by atoms with Crippen molar-refractivity contribution in [2.24, 2.45) is 0 Å². The fraction of sp³-hybridized carbons (Fsp3) is 0.235. The first-order valence-electron chi connectivity index (χ1n) is 7.61. The molecule has 0 saturated heterocycles. The standard InChI is InChI=1S/C17H18Cl2N2O5S/c1-25-14-8-7-11(9-15(14)26-2)20-16(22)10-21(27(3,23)24)13-6-4-5-12(18)17(13)19/h4-9H,10H2,1-3H3,(H,20,22). The molecule has 7 nitrogen and oxygen atoms in total. The molecule has 0 fully saturated rings. The van der Waals surface area contributed by atoms with Crippen LogP contribution in [0.25, 0.3) is 0 Å². The number of rotatable bonds is 7. The summed E-state index contributed by atoms with van der Waals surface area (Å²) in [5.74, 6) is 0.357. The Morgan fingerprint density at radius 2 is 1.78 bits per heavy atom. The van der Waals surface area contributed by atoms with Crippen molar-refractivity contribution in [2.75, 3.05) is 36.6 Å². The third kappa shape index (κ3) is 5.18. The van der Waals surface area contributed by atoms with E-state index in [4.69, 9.17) is 32.7 Å². The van der Waals surface area contributed by atoms with Gasteiger partial charge in [0, 0.05) is 11.8 Å². The zero-order valence-electron chi connectivity index (χ0n) is 14.8. The van der Waals surface area contributed by atoms with Gasteiger partial charge in [0.15, 0.2) is 11.5 Å². The van der Waals surface area contributed by atoms with Crippen molar-refractivity contribution in [1.29, 1.82) is 0 Å². The van der Waals surface area contributed by atoms with E-state index in [0.717, 1.165) is 10.6 Å². The van der Waals surface area contributed by atoms with Gasteiger partial charge in [-0.15, -0.1) is 0 Å². The van der Waals surface area contributed by atoms with Gasteiger partial charge in [0.05, 0.1) is 36.2 Å². The molecule has 1 amide bonds. The molecule has 2 aromatic carbocycles. The molecule has 0 aliphatic carbocycles. The van der Waals surface area contributed by atoms with Crippen LogP contribution in [0.3, 0.4) is 0 Å². The Balaban J connectivity index is 2.26. The van der Waals surface area contributed by atoms with Crippen LogP contribution in [0.5, 0.6) is 11.5 Å². The van der Waals surface area contributed by atoms with Crippen molar-refractivity contribution < 1.29 is 22.7 Å². The summed E-state index contributed by atoms with van der Waals surface area (Å²) in [4.78, 5) is 12.4. The average Bonchev–Trinajstić information content (AvgIpc) is 2.61. The Kier molecular flexibility index (Phi) is 6.80. The zero-order valence-corrected chi connectivity index (χ0v) is 17.2. The largest absolute Gasteiger partial charge is 0.493 e. The fourth-order valence-electron chi connectivity index (χ4n) is 2.31. The number of nitrogens with one attached hydrogen (secondary N) is 1. The second kappa shape index (κ2) is 8.69. The molecule has 0 unspecified atom stereocenters. The van der Waals surface area contributed by atoms with Crippen LogP contribution in [0.1, 0.15) is 0 Å². The lowest BCUT2D eigenvalue weighted by Crippen LogP contribution is -2.37. The lowest BCUT2D eigenvalue weighted by molar-refractivity contribution is -0.114. The minimum absolute atomic E-state index is 0.0449. The number of halogens is 2. The Bertz CT molecular complexity index is 950. The highest BCUT2D eigenvalue weighted by atomic mass is 35.5. The number of sulfonamides is 1. The molecule has 146 valence electrons. The second-order valence-electron chi connectivity index (χ2n) is 5.46. The van der Waals surface area contributed by atoms with Gasteiger partial charge in [0.2, 0.25) is 15.9 Å². The molecule has 10 heteroatoms. The average molecular weight is 433 g/mol. The SMILES string of the molecule is COc1ccc(NC(=O)CN(c2cccc(Cl)c2Cl)S(C)(=O)=O)cc1OC. The van der Waals surface area contributed by atoms with E-state index < -0.39 is 22.5 Å². The number of methoxy groups -OCH3 is 2. The molecule has 0 aliphatic heterocycles. The van der Waals surface area contributed by atoms with Gasteiger partial charge in [-0.05, 0) is 24.3 Å². The normalized spacial score (nSPS) is 11.0. The highest BCUT2D eigenvalue weighted by Gasteiger charge is 2.24. The number of hydrogen-bond donors (Lipinski definition) is 1. The van der Waals surface area contributed by atoms with Crippen LogP contribution in [0.15, 0.2) is 36.4 Å². The van der Waals surface area contributed by atoms with Crippen molar-refractivity contribution >= 4 is 50.5 Å². The molecule has 27 heavy (non-hydrogen) atoms. The number of amides is 1. The fourth-order valence-corrected chi connectivity index (χ4v) is 3.62. The molecule has 0 spiro atoms. The van der Waals surface area contributed by atoms with Crippen LogP contribution in [-0.2, 0) is 14.8 Å². The summed E-state index contributed by atoms with van der Waals surface area (Å²) in [6, 6.07) is 9.34. The highest BCUT2D eigenvalue weighted by Crippen LogP contribution is 2.34. The Labute approximate surface area is 167 Å². The molecule has 2 aromatic rings. The van der Waals surface area contributed by atoms with E-state index in [1.54, 1.807) is 24.3 Å². The van der Waals surface area contributed by atoms with E-state index in [1.807, 2.05) is 0 Å². The van der Waals surface area contributed by atoms with Gasteiger partial charge in [0.25, 0.3) is 0 Å². The number of carbonyl (C=O) groups is 1. The first kappa shape index (κ1) is 21.1. The summed E-state index contributed by atoms with van der Waals surface area (Å²) in [6.45, 7) is -0.479. The molecule has 0 aliphatic rings. The van der Waals surface area contributed by atoms with Crippen LogP contribution in [0.4, 0.5) is 11.4 Å². The maximum absolute atomic E-state index is 12.4. The molecule has 0 atom stereocenters. The monoisotopic (exact) mass is 432 g/mol. The number of carbonyl (C=O) groups excluding carboxylic acids is 1. The maximum atomic E-state index is 12.4. The number of anilines is 2. The molecule has 0 aromatic heterocycles. The Morgan fingerprint density at radius 3 is 2.37 bits per heavy atom. The topological polar surface area (TPSA) is 84.9 Å². The van der Waals surface area contributed by atoms with E-state index >= 15 is 0 Å². The molecular formula is C17H18Cl2N2O5S. The first-order chi connectivity index (χ1) is 12.7. The predicted molar refractivity (Wildman–Crippen MR) is 107 cm³/mol. The molecule has 0 radical (unpaired) electrons. The minimum atomic E-state index is -3.78. The summed E-state index contributed by atoms with van der Waals surface area (Å²) >= 11 is 12.1. The van der Waals surface area contributed by atoms with Crippen LogP contribution in [0, 0.1) is 0 Å². The zero-order chi connectivity index (χ0) is 20.2. The van der Waals surface area contributed by atoms with Crippen LogP contribution in [-0.4, -0.2) is 41.3 Å². The van der Waals surface area contributed by atoms with Gasteiger partial charge >= 0.3 is 0 Å². The van der Waals surface area contributed by atoms with Gasteiger partial charge in [-0.3, -0.25) is 9.10 Å².